The predicted octanol–water partition coefficient (Wildman–Crippen LogP) is 2.40. The van der Waals surface area contributed by atoms with Gasteiger partial charge in [-0.05, 0) is 18.6 Å². The van der Waals surface area contributed by atoms with Crippen LogP contribution in [0.2, 0.25) is 0 Å². The van der Waals surface area contributed by atoms with Gasteiger partial charge in [-0.25, -0.2) is 4.39 Å². The number of nitrogens with zero attached hydrogens (tertiary/aromatic N) is 1. The van der Waals surface area contributed by atoms with E-state index in [-0.39, 0.29) is 17.6 Å². The van der Waals surface area contributed by atoms with E-state index in [4.69, 9.17) is 10.5 Å². The lowest BCUT2D eigenvalue weighted by atomic mass is 10.2. The van der Waals surface area contributed by atoms with Crippen molar-refractivity contribution in [1.29, 1.82) is 0 Å². The number of benzene rings is 1. The first-order valence-corrected chi connectivity index (χ1v) is 5.93. The Morgan fingerprint density at radius 3 is 2.94 bits per heavy atom. The average molecular weight is 289 g/mol. The summed E-state index contributed by atoms with van der Waals surface area (Å²) in [6.07, 6.45) is 1.16. The summed E-state index contributed by atoms with van der Waals surface area (Å²) in [5.41, 5.74) is 6.69. The van der Waals surface area contributed by atoms with Crippen LogP contribution >= 0.6 is 15.9 Å². The molecule has 1 saturated heterocycles. The van der Waals surface area contributed by atoms with Crippen LogP contribution in [0.3, 0.4) is 0 Å². The maximum Gasteiger partial charge on any atom is 0.149 e. The van der Waals surface area contributed by atoms with Gasteiger partial charge in [0.15, 0.2) is 0 Å². The Balaban J connectivity index is 2.27. The number of nitrogen functional groups attached to an aromatic ring is 1. The third-order valence-corrected chi connectivity index (χ3v) is 3.35. The second-order valence-corrected chi connectivity index (χ2v) is 4.83. The molecular weight excluding hydrogens is 275 g/mol. The van der Waals surface area contributed by atoms with Gasteiger partial charge >= 0.3 is 0 Å². The highest BCUT2D eigenvalue weighted by Crippen LogP contribution is 2.32. The zero-order valence-electron chi connectivity index (χ0n) is 9.04. The van der Waals surface area contributed by atoms with E-state index in [1.807, 2.05) is 6.07 Å². The first-order chi connectivity index (χ1) is 7.61. The third kappa shape index (κ3) is 2.15. The van der Waals surface area contributed by atoms with Gasteiger partial charge in [-0.15, -0.1) is 0 Å². The largest absolute Gasteiger partial charge is 0.395 e. The van der Waals surface area contributed by atoms with Crippen LogP contribution in [0.4, 0.5) is 15.8 Å². The minimum atomic E-state index is -0.384. The molecule has 16 heavy (non-hydrogen) atoms. The highest BCUT2D eigenvalue weighted by Gasteiger charge is 2.24. The Morgan fingerprint density at radius 1 is 1.56 bits per heavy atom. The SMILES string of the molecule is CO[C@@H]1CCN(c2cc(Br)cc(F)c2N)C1. The number of anilines is 2. The fourth-order valence-electron chi connectivity index (χ4n) is 1.97. The summed E-state index contributed by atoms with van der Waals surface area (Å²) < 4.78 is 19.4. The van der Waals surface area contributed by atoms with Crippen molar-refractivity contribution in [1.82, 2.24) is 0 Å². The van der Waals surface area contributed by atoms with Crippen LogP contribution in [0.25, 0.3) is 0 Å². The molecule has 1 aromatic carbocycles. The standard InChI is InChI=1S/C11H14BrFN2O/c1-16-8-2-3-15(6-8)10-5-7(12)4-9(13)11(10)14/h4-5,8H,2-3,6,14H2,1H3/t8-/m1/s1. The van der Waals surface area contributed by atoms with E-state index in [1.165, 1.54) is 6.07 Å². The number of hydrogen-bond acceptors (Lipinski definition) is 3. The van der Waals surface area contributed by atoms with E-state index in [9.17, 15) is 4.39 Å². The molecule has 1 aliphatic rings. The lowest BCUT2D eigenvalue weighted by Crippen LogP contribution is -2.23. The summed E-state index contributed by atoms with van der Waals surface area (Å²) in [4.78, 5) is 2.05. The van der Waals surface area contributed by atoms with Gasteiger partial charge in [0.25, 0.3) is 0 Å². The fraction of sp³-hybridized carbons (Fsp3) is 0.455. The lowest BCUT2D eigenvalue weighted by Gasteiger charge is -2.20. The molecule has 5 heteroatoms. The van der Waals surface area contributed by atoms with Gasteiger partial charge in [0.1, 0.15) is 5.82 Å². The van der Waals surface area contributed by atoms with Crippen LogP contribution in [0.1, 0.15) is 6.42 Å². The minimum Gasteiger partial charge on any atom is -0.395 e. The van der Waals surface area contributed by atoms with E-state index in [1.54, 1.807) is 7.11 Å². The van der Waals surface area contributed by atoms with Gasteiger partial charge in [-0.1, -0.05) is 15.9 Å². The molecule has 1 heterocycles. The molecule has 1 aliphatic heterocycles. The Morgan fingerprint density at radius 2 is 2.31 bits per heavy atom. The van der Waals surface area contributed by atoms with E-state index in [0.29, 0.717) is 4.47 Å². The molecule has 0 amide bonds. The van der Waals surface area contributed by atoms with Gasteiger partial charge in [-0.3, -0.25) is 0 Å². The molecule has 2 rings (SSSR count). The number of halogens is 2. The topological polar surface area (TPSA) is 38.5 Å². The van der Waals surface area contributed by atoms with Crippen LogP contribution < -0.4 is 10.6 Å². The lowest BCUT2D eigenvalue weighted by molar-refractivity contribution is 0.121. The van der Waals surface area contributed by atoms with Crippen molar-refractivity contribution in [3.63, 3.8) is 0 Å². The van der Waals surface area contributed by atoms with Gasteiger partial charge in [0.05, 0.1) is 17.5 Å². The summed E-state index contributed by atoms with van der Waals surface area (Å²) in [7, 11) is 1.69. The zero-order chi connectivity index (χ0) is 11.7. The average Bonchev–Trinajstić information content (AvgIpc) is 2.71. The Hall–Kier alpha value is -0.810. The van der Waals surface area contributed by atoms with Crippen LogP contribution in [0.5, 0.6) is 0 Å². The molecule has 3 nitrogen and oxygen atoms in total. The molecule has 0 radical (unpaired) electrons. The number of nitrogens with two attached hydrogens (primary N) is 1. The smallest absolute Gasteiger partial charge is 0.149 e. The first-order valence-electron chi connectivity index (χ1n) is 5.14. The summed E-state index contributed by atoms with van der Waals surface area (Å²) >= 11 is 3.27. The van der Waals surface area contributed by atoms with Crippen LogP contribution in [-0.2, 0) is 4.74 Å². The molecule has 1 aromatic rings. The Bertz CT molecular complexity index is 400. The molecule has 0 saturated carbocycles. The zero-order valence-corrected chi connectivity index (χ0v) is 10.6. The molecule has 2 N–H and O–H groups in total. The second kappa shape index (κ2) is 4.59. The van der Waals surface area contributed by atoms with Crippen molar-refractivity contribution in [3.8, 4) is 0 Å². The number of hydrogen-bond donors (Lipinski definition) is 1. The maximum absolute atomic E-state index is 13.5. The summed E-state index contributed by atoms with van der Waals surface area (Å²) in [6.45, 7) is 1.61. The normalized spacial score (nSPS) is 20.4. The van der Waals surface area contributed by atoms with Gasteiger partial charge < -0.3 is 15.4 Å². The summed E-state index contributed by atoms with van der Waals surface area (Å²) in [5, 5.41) is 0. The Kier molecular flexibility index (Phi) is 3.35. The van der Waals surface area contributed by atoms with E-state index >= 15 is 0 Å². The Labute approximate surface area is 102 Å². The fourth-order valence-corrected chi connectivity index (χ4v) is 2.39. The molecule has 1 atom stereocenters. The van der Waals surface area contributed by atoms with Crippen molar-refractivity contribution < 1.29 is 9.13 Å². The molecule has 0 spiro atoms. The highest BCUT2D eigenvalue weighted by molar-refractivity contribution is 9.10. The monoisotopic (exact) mass is 288 g/mol. The number of methoxy groups -OCH3 is 1. The van der Waals surface area contributed by atoms with Gasteiger partial charge in [0.2, 0.25) is 0 Å². The van der Waals surface area contributed by atoms with Crippen molar-refractivity contribution in [2.75, 3.05) is 30.8 Å². The quantitative estimate of drug-likeness (QED) is 0.850. The molecule has 0 aromatic heterocycles. The third-order valence-electron chi connectivity index (χ3n) is 2.89. The molecule has 0 unspecified atom stereocenters. The maximum atomic E-state index is 13.5. The molecular formula is C11H14BrFN2O. The number of rotatable bonds is 2. The van der Waals surface area contributed by atoms with Crippen LogP contribution in [0, 0.1) is 5.82 Å². The van der Waals surface area contributed by atoms with Crippen LogP contribution in [0.15, 0.2) is 16.6 Å². The summed E-state index contributed by atoms with van der Waals surface area (Å²) in [6, 6.07) is 3.22. The van der Waals surface area contributed by atoms with E-state index in [0.717, 1.165) is 25.2 Å². The van der Waals surface area contributed by atoms with Crippen molar-refractivity contribution in [3.05, 3.63) is 22.4 Å². The van der Waals surface area contributed by atoms with E-state index in [2.05, 4.69) is 20.8 Å². The van der Waals surface area contributed by atoms with Gasteiger partial charge in [-0.2, -0.15) is 0 Å². The highest BCUT2D eigenvalue weighted by atomic mass is 79.9. The second-order valence-electron chi connectivity index (χ2n) is 3.91. The minimum absolute atomic E-state index is 0.208. The van der Waals surface area contributed by atoms with Gasteiger partial charge in [0, 0.05) is 24.7 Å². The van der Waals surface area contributed by atoms with Crippen molar-refractivity contribution in [2.45, 2.75) is 12.5 Å². The first kappa shape index (κ1) is 11.7. The molecule has 88 valence electrons. The molecule has 1 fully saturated rings. The molecule has 0 aliphatic carbocycles. The van der Waals surface area contributed by atoms with Crippen molar-refractivity contribution >= 4 is 27.3 Å². The number of ether oxygens (including phenoxy) is 1. The van der Waals surface area contributed by atoms with Crippen LogP contribution in [-0.4, -0.2) is 26.3 Å². The molecule has 0 bridgehead atoms. The van der Waals surface area contributed by atoms with E-state index < -0.39 is 0 Å². The summed E-state index contributed by atoms with van der Waals surface area (Å²) in [5.74, 6) is -0.384. The predicted molar refractivity (Wildman–Crippen MR) is 66.1 cm³/mol. The van der Waals surface area contributed by atoms with Crippen molar-refractivity contribution in [2.24, 2.45) is 0 Å².